The number of nitrogens with one attached hydrogen (secondary N) is 4. The van der Waals surface area contributed by atoms with Crippen LogP contribution >= 0.6 is 0 Å². The number of H-pyrrole nitrogens is 1. The third kappa shape index (κ3) is 8.86. The summed E-state index contributed by atoms with van der Waals surface area (Å²) in [6.07, 6.45) is 1.75. The Labute approximate surface area is 284 Å². The van der Waals surface area contributed by atoms with Gasteiger partial charge in [-0.05, 0) is 108 Å². The van der Waals surface area contributed by atoms with Crippen LogP contribution in [0.15, 0.2) is 71.6 Å². The Morgan fingerprint density at radius 2 is 1.71 bits per heavy atom. The van der Waals surface area contributed by atoms with Crippen molar-refractivity contribution in [2.45, 2.75) is 50.0 Å². The van der Waals surface area contributed by atoms with Crippen molar-refractivity contribution in [1.29, 1.82) is 0 Å². The second-order valence-electron chi connectivity index (χ2n) is 12.4. The zero-order valence-corrected chi connectivity index (χ0v) is 28.3. The highest BCUT2D eigenvalue weighted by molar-refractivity contribution is 7.89. The summed E-state index contributed by atoms with van der Waals surface area (Å²) in [6, 6.07) is 18.7. The number of anilines is 1. The van der Waals surface area contributed by atoms with Crippen LogP contribution < -0.4 is 16.0 Å². The first-order valence-electron chi connectivity index (χ1n) is 16.0. The first kappa shape index (κ1) is 35.2. The van der Waals surface area contributed by atoms with Crippen LogP contribution in [-0.4, -0.2) is 83.0 Å². The van der Waals surface area contributed by atoms with Gasteiger partial charge in [-0.3, -0.25) is 9.59 Å². The monoisotopic (exact) mass is 688 g/mol. The van der Waals surface area contributed by atoms with E-state index in [-0.39, 0.29) is 35.0 Å². The van der Waals surface area contributed by atoms with Gasteiger partial charge >= 0.3 is 6.09 Å². The van der Waals surface area contributed by atoms with Gasteiger partial charge in [0.1, 0.15) is 6.04 Å². The summed E-state index contributed by atoms with van der Waals surface area (Å²) in [6.45, 7) is 2.20. The quantitative estimate of drug-likeness (QED) is 0.147. The minimum atomic E-state index is -3.59. The standard InChI is InChI=1S/C34H40N8O6S/c1-21-17-28(49(47,48)42(2)3)15-16-29(21)26-6-4-5-23(18-26)19-30(37-32(43)25-9-7-22(8-10-25)20-35-34(45)46)33(44)36-27-13-11-24(12-14-27)31-38-40-41-39-31/h4-6,11-18,22,25,30,35H,7-10,19-20H2,1-3H3,(H,36,44)(H,37,43)(H,45,46)(H,38,39,40,41)/t22-,25-,30-/m0/s1. The van der Waals surface area contributed by atoms with E-state index in [0.29, 0.717) is 43.7 Å². The Bertz CT molecular complexity index is 1890. The lowest BCUT2D eigenvalue weighted by atomic mass is 9.81. The van der Waals surface area contributed by atoms with E-state index in [2.05, 4.69) is 36.6 Å². The van der Waals surface area contributed by atoms with Crippen LogP contribution in [0.25, 0.3) is 22.5 Å². The Balaban J connectivity index is 1.34. The normalized spacial score (nSPS) is 16.9. The number of hydrogen-bond donors (Lipinski definition) is 5. The van der Waals surface area contributed by atoms with Gasteiger partial charge in [0, 0.05) is 44.2 Å². The number of carboxylic acid groups (broad SMARTS) is 1. The molecule has 0 saturated heterocycles. The number of rotatable bonds is 12. The van der Waals surface area contributed by atoms with Crippen LogP contribution in [0.4, 0.5) is 10.5 Å². The molecule has 1 aliphatic rings. The minimum Gasteiger partial charge on any atom is -0.465 e. The number of benzene rings is 3. The van der Waals surface area contributed by atoms with Crippen LogP contribution in [0.1, 0.15) is 36.8 Å². The Hall–Kier alpha value is -5.15. The van der Waals surface area contributed by atoms with Crippen molar-refractivity contribution in [3.63, 3.8) is 0 Å². The fourth-order valence-corrected chi connectivity index (χ4v) is 7.00. The molecule has 0 radical (unpaired) electrons. The third-order valence-corrected chi connectivity index (χ3v) is 10.6. The molecule has 1 aromatic heterocycles. The molecule has 258 valence electrons. The molecule has 5 rings (SSSR count). The lowest BCUT2D eigenvalue weighted by Crippen LogP contribution is -2.48. The molecule has 15 heteroatoms. The van der Waals surface area contributed by atoms with Gasteiger partial charge in [-0.2, -0.15) is 0 Å². The Morgan fingerprint density at radius 3 is 2.35 bits per heavy atom. The lowest BCUT2D eigenvalue weighted by Gasteiger charge is -2.29. The highest BCUT2D eigenvalue weighted by Crippen LogP contribution is 2.30. The maximum absolute atomic E-state index is 13.8. The molecule has 1 saturated carbocycles. The molecule has 1 heterocycles. The van der Waals surface area contributed by atoms with Crippen molar-refractivity contribution in [1.82, 2.24) is 35.6 Å². The predicted octanol–water partition coefficient (Wildman–Crippen LogP) is 3.83. The second kappa shape index (κ2) is 15.4. The molecular formula is C34H40N8O6S. The number of nitrogens with zero attached hydrogens (tertiary/aromatic N) is 4. The summed E-state index contributed by atoms with van der Waals surface area (Å²) in [5.74, 6) is -0.250. The van der Waals surface area contributed by atoms with Crippen molar-refractivity contribution >= 4 is 33.6 Å². The predicted molar refractivity (Wildman–Crippen MR) is 183 cm³/mol. The van der Waals surface area contributed by atoms with Crippen LogP contribution in [0.2, 0.25) is 0 Å². The molecule has 0 aliphatic heterocycles. The molecule has 3 aromatic carbocycles. The lowest BCUT2D eigenvalue weighted by molar-refractivity contribution is -0.130. The van der Waals surface area contributed by atoms with Gasteiger partial charge in [0.15, 0.2) is 5.82 Å². The van der Waals surface area contributed by atoms with Gasteiger partial charge in [-0.25, -0.2) is 22.6 Å². The van der Waals surface area contributed by atoms with Crippen LogP contribution in [0.3, 0.4) is 0 Å². The van der Waals surface area contributed by atoms with E-state index in [0.717, 1.165) is 27.8 Å². The van der Waals surface area contributed by atoms with Crippen molar-refractivity contribution in [2.75, 3.05) is 26.0 Å². The summed E-state index contributed by atoms with van der Waals surface area (Å²) in [4.78, 5) is 38.4. The van der Waals surface area contributed by atoms with Gasteiger partial charge in [-0.15, -0.1) is 5.10 Å². The molecule has 49 heavy (non-hydrogen) atoms. The van der Waals surface area contributed by atoms with E-state index in [4.69, 9.17) is 5.11 Å². The maximum atomic E-state index is 13.8. The largest absolute Gasteiger partial charge is 0.465 e. The molecule has 4 aromatic rings. The molecule has 5 N–H and O–H groups in total. The summed E-state index contributed by atoms with van der Waals surface area (Å²) in [5.41, 5.74) is 4.55. The molecule has 1 fully saturated rings. The number of aromatic amines is 1. The Kier molecular flexibility index (Phi) is 11.0. The molecule has 3 amide bonds. The average Bonchev–Trinajstić information content (AvgIpc) is 3.63. The summed E-state index contributed by atoms with van der Waals surface area (Å²) < 4.78 is 26.5. The summed E-state index contributed by atoms with van der Waals surface area (Å²) in [7, 11) is -0.611. The number of amides is 3. The fourth-order valence-electron chi connectivity index (χ4n) is 6.01. The number of aromatic nitrogens is 4. The van der Waals surface area contributed by atoms with Gasteiger partial charge in [-0.1, -0.05) is 30.3 Å². The van der Waals surface area contributed by atoms with Crippen LogP contribution in [0.5, 0.6) is 0 Å². The number of tetrazole rings is 1. The van der Waals surface area contributed by atoms with E-state index >= 15 is 0 Å². The highest BCUT2D eigenvalue weighted by atomic mass is 32.2. The Morgan fingerprint density at radius 1 is 0.980 bits per heavy atom. The number of carbonyl (C=O) groups is 3. The number of aryl methyl sites for hydroxylation is 1. The van der Waals surface area contributed by atoms with E-state index < -0.39 is 22.2 Å². The van der Waals surface area contributed by atoms with E-state index in [1.54, 1.807) is 42.5 Å². The molecule has 1 atom stereocenters. The first-order chi connectivity index (χ1) is 23.4. The molecular weight excluding hydrogens is 648 g/mol. The number of hydrogen-bond acceptors (Lipinski definition) is 8. The zero-order chi connectivity index (χ0) is 35.1. The highest BCUT2D eigenvalue weighted by Gasteiger charge is 2.30. The van der Waals surface area contributed by atoms with E-state index in [1.807, 2.05) is 31.2 Å². The van der Waals surface area contributed by atoms with Gasteiger partial charge < -0.3 is 21.1 Å². The fraction of sp³-hybridized carbons (Fsp3) is 0.353. The van der Waals surface area contributed by atoms with E-state index in [1.165, 1.54) is 18.4 Å². The zero-order valence-electron chi connectivity index (χ0n) is 27.5. The number of carbonyl (C=O) groups excluding carboxylic acids is 2. The van der Waals surface area contributed by atoms with Crippen molar-refractivity contribution in [3.8, 4) is 22.5 Å². The second-order valence-corrected chi connectivity index (χ2v) is 14.6. The minimum absolute atomic E-state index is 0.165. The van der Waals surface area contributed by atoms with Gasteiger partial charge in [0.2, 0.25) is 21.8 Å². The summed E-state index contributed by atoms with van der Waals surface area (Å²) in [5, 5.41) is 31.0. The van der Waals surface area contributed by atoms with Crippen molar-refractivity contribution in [3.05, 3.63) is 77.9 Å². The van der Waals surface area contributed by atoms with Crippen molar-refractivity contribution in [2.24, 2.45) is 11.8 Å². The molecule has 0 spiro atoms. The van der Waals surface area contributed by atoms with Crippen molar-refractivity contribution < 1.29 is 27.9 Å². The van der Waals surface area contributed by atoms with Gasteiger partial charge in [0.25, 0.3) is 0 Å². The third-order valence-electron chi connectivity index (χ3n) is 8.82. The van der Waals surface area contributed by atoms with Crippen LogP contribution in [0, 0.1) is 18.8 Å². The smallest absolute Gasteiger partial charge is 0.404 e. The average molecular weight is 689 g/mol. The van der Waals surface area contributed by atoms with Crippen LogP contribution in [-0.2, 0) is 26.0 Å². The number of sulfonamides is 1. The first-order valence-corrected chi connectivity index (χ1v) is 17.4. The SMILES string of the molecule is Cc1cc(S(=O)(=O)N(C)C)ccc1-c1cccc(C[C@H](NC(=O)[C@H]2CC[C@H](CNC(=O)O)CC2)C(=O)Nc2ccc(-c3nnn[nH]3)cc2)c1. The summed E-state index contributed by atoms with van der Waals surface area (Å²) >= 11 is 0. The van der Waals surface area contributed by atoms with E-state index in [9.17, 15) is 22.8 Å². The maximum Gasteiger partial charge on any atom is 0.404 e. The molecule has 0 bridgehead atoms. The van der Waals surface area contributed by atoms with Gasteiger partial charge in [0.05, 0.1) is 4.90 Å². The molecule has 0 unspecified atom stereocenters. The molecule has 14 nitrogen and oxygen atoms in total. The molecule has 1 aliphatic carbocycles. The topological polar surface area (TPSA) is 199 Å².